The van der Waals surface area contributed by atoms with E-state index < -0.39 is 14.0 Å². The van der Waals surface area contributed by atoms with E-state index in [1.54, 1.807) is 0 Å². The summed E-state index contributed by atoms with van der Waals surface area (Å²) in [6.07, 6.45) is -1.83. The quantitative estimate of drug-likeness (QED) is 0.339. The normalized spacial score (nSPS) is 8.64. The molecule has 10 heteroatoms. The third-order valence-electron chi connectivity index (χ3n) is 0.0899. The second kappa shape index (κ2) is 8.66. The van der Waals surface area contributed by atoms with Gasteiger partial charge in [-0.1, -0.05) is 4.73 Å². The summed E-state index contributed by atoms with van der Waals surface area (Å²) in [5.41, 5.74) is 0. The second-order valence-electron chi connectivity index (χ2n) is 0.842. The predicted molar refractivity (Wildman–Crippen MR) is 33.4 cm³/mol. The van der Waals surface area contributed by atoms with Gasteiger partial charge in [0, 0.05) is 0 Å². The van der Waals surface area contributed by atoms with Gasteiger partial charge in [-0.25, -0.2) is 9.36 Å². The Labute approximate surface area is 89.9 Å². The topological polar surface area (TPSA) is 124 Å². The van der Waals surface area contributed by atoms with Gasteiger partial charge in [0.1, 0.15) is 0 Å². The van der Waals surface area contributed by atoms with E-state index in [0.29, 0.717) is 0 Å². The van der Waals surface area contributed by atoms with E-state index in [0.717, 1.165) is 0 Å². The Morgan fingerprint density at radius 3 is 1.45 bits per heavy atom. The molecule has 0 aromatic carbocycles. The van der Waals surface area contributed by atoms with Gasteiger partial charge in [-0.15, -0.1) is 0 Å². The van der Waals surface area contributed by atoms with Gasteiger partial charge >= 0.3 is 51.7 Å². The molecule has 0 radical (unpaired) electrons. The molecule has 0 saturated heterocycles. The van der Waals surface area contributed by atoms with Crippen LogP contribution in [0.15, 0.2) is 0 Å². The Kier molecular flexibility index (Phi) is 13.9. The number of rotatable bonds is 1. The van der Waals surface area contributed by atoms with E-state index >= 15 is 0 Å². The van der Waals surface area contributed by atoms with Crippen molar-refractivity contribution in [2.45, 2.75) is 0 Å². The summed E-state index contributed by atoms with van der Waals surface area (Å²) < 4.78 is 21.4. The number of hydrogen-bond donors (Lipinski definition) is 4. The Hall–Kier alpha value is 0.570. The van der Waals surface area contributed by atoms with Crippen molar-refractivity contribution in [1.82, 2.24) is 0 Å². The van der Waals surface area contributed by atoms with Gasteiger partial charge in [-0.2, -0.15) is 0 Å². The van der Waals surface area contributed by atoms with Crippen LogP contribution in [0.5, 0.6) is 0 Å². The van der Waals surface area contributed by atoms with Crippen molar-refractivity contribution in [1.29, 1.82) is 0 Å². The van der Waals surface area contributed by atoms with Crippen molar-refractivity contribution < 1.29 is 38.6 Å². The van der Waals surface area contributed by atoms with Crippen LogP contribution in [-0.2, 0) is 9.29 Å². The molecule has 7 nitrogen and oxygen atoms in total. The van der Waals surface area contributed by atoms with Crippen molar-refractivity contribution in [2.75, 3.05) is 0 Å². The zero-order valence-corrected chi connectivity index (χ0v) is 5.23. The van der Waals surface area contributed by atoms with Crippen LogP contribution in [0.25, 0.3) is 0 Å². The molecule has 0 spiro atoms. The number of carboxylic acid groups (broad SMARTS) is 2. The Morgan fingerprint density at radius 2 is 1.45 bits per heavy atom. The van der Waals surface area contributed by atoms with Crippen molar-refractivity contribution in [3.05, 3.63) is 0 Å². The van der Waals surface area contributed by atoms with E-state index in [-0.39, 0.29) is 37.7 Å². The summed E-state index contributed by atoms with van der Waals surface area (Å²) in [6, 6.07) is 0. The molecular weight excluding hydrogens is 214 g/mol. The molecule has 0 bridgehead atoms. The Balaban J connectivity index is -0.000000114. The maximum absolute atomic E-state index is 10.2. The zero-order chi connectivity index (χ0) is 8.78. The molecule has 0 saturated carbocycles. The summed E-state index contributed by atoms with van der Waals surface area (Å²) in [5, 5.41) is 13.9. The molecular formula is CH6CaFO7P. The average Bonchev–Trinajstić information content (AvgIpc) is 1.63. The fraction of sp³-hybridized carbons (Fsp3) is 0. The summed E-state index contributed by atoms with van der Waals surface area (Å²) >= 11 is 0. The van der Waals surface area contributed by atoms with E-state index in [9.17, 15) is 4.53 Å². The molecule has 0 aromatic rings. The molecule has 0 atom stereocenters. The first-order valence-corrected chi connectivity index (χ1v) is 3.10. The van der Waals surface area contributed by atoms with Gasteiger partial charge in [0.25, 0.3) is 0 Å². The van der Waals surface area contributed by atoms with Crippen LogP contribution in [0, 0.1) is 0 Å². The standard InChI is InChI=1S/CH2O3.Ca.FH2O4P.2H/c2-1(3)4;;1-5-6(2,3)4;;/h(H2,2,3,4);;(H2,2,3,4);;. The van der Waals surface area contributed by atoms with Gasteiger partial charge in [-0.3, -0.25) is 0 Å². The molecule has 0 fully saturated rings. The second-order valence-corrected chi connectivity index (χ2v) is 1.96. The third-order valence-corrected chi connectivity index (χ3v) is 0.270. The first kappa shape index (κ1) is 17.6. The van der Waals surface area contributed by atoms with Crippen LogP contribution >= 0.6 is 7.82 Å². The first-order chi connectivity index (χ1) is 4.29. The first-order valence-electron chi connectivity index (χ1n) is 1.57. The van der Waals surface area contributed by atoms with E-state index in [4.69, 9.17) is 29.4 Å². The molecule has 4 N–H and O–H groups in total. The zero-order valence-electron chi connectivity index (χ0n) is 4.34. The minimum atomic E-state index is -4.81. The van der Waals surface area contributed by atoms with Crippen LogP contribution in [-0.4, -0.2) is 63.9 Å². The molecule has 0 unspecified atom stereocenters. The number of phosphoric acid groups is 1. The van der Waals surface area contributed by atoms with E-state index in [1.807, 2.05) is 0 Å². The van der Waals surface area contributed by atoms with Gasteiger partial charge in [0.2, 0.25) is 0 Å². The summed E-state index contributed by atoms with van der Waals surface area (Å²) in [6.45, 7) is 0. The minimum absolute atomic E-state index is 0. The van der Waals surface area contributed by atoms with Gasteiger partial charge in [-0.05, 0) is 4.53 Å². The van der Waals surface area contributed by atoms with Gasteiger partial charge in [0.05, 0.1) is 0 Å². The molecule has 11 heavy (non-hydrogen) atoms. The molecule has 0 aromatic heterocycles. The summed E-state index contributed by atoms with van der Waals surface area (Å²) in [7, 11) is -4.81. The number of halogens is 1. The van der Waals surface area contributed by atoms with Crippen molar-refractivity contribution in [3.63, 3.8) is 0 Å². The van der Waals surface area contributed by atoms with Gasteiger partial charge < -0.3 is 20.0 Å². The molecule has 0 rings (SSSR count). The SMILES string of the molecule is O=C(O)O.O=P(O)(O)OF.[CaH2]. The molecule has 66 valence electrons. The number of hydrogen-bond acceptors (Lipinski definition) is 3. The summed E-state index contributed by atoms with van der Waals surface area (Å²) in [5.74, 6) is 0. The monoisotopic (exact) mass is 220 g/mol. The van der Waals surface area contributed by atoms with Crippen LogP contribution in [0.4, 0.5) is 9.32 Å². The molecule has 0 aliphatic carbocycles. The van der Waals surface area contributed by atoms with E-state index in [1.165, 1.54) is 0 Å². The van der Waals surface area contributed by atoms with Crippen LogP contribution in [0.2, 0.25) is 0 Å². The van der Waals surface area contributed by atoms with Crippen LogP contribution in [0.3, 0.4) is 0 Å². The average molecular weight is 220 g/mol. The fourth-order valence-corrected chi connectivity index (χ4v) is 0. The van der Waals surface area contributed by atoms with Crippen LogP contribution in [0.1, 0.15) is 0 Å². The Bertz CT molecular complexity index is 137. The molecule has 0 aliphatic rings. The van der Waals surface area contributed by atoms with Crippen molar-refractivity contribution in [2.24, 2.45) is 0 Å². The Morgan fingerprint density at radius 1 is 1.36 bits per heavy atom. The predicted octanol–water partition coefficient (Wildman–Crippen LogP) is -0.714. The van der Waals surface area contributed by atoms with Crippen molar-refractivity contribution in [3.8, 4) is 0 Å². The van der Waals surface area contributed by atoms with Gasteiger partial charge in [0.15, 0.2) is 0 Å². The maximum atomic E-state index is 10.2. The van der Waals surface area contributed by atoms with E-state index in [2.05, 4.69) is 4.73 Å². The molecule has 0 aliphatic heterocycles. The number of carbonyl (C=O) groups is 1. The third kappa shape index (κ3) is 60.9. The molecule has 0 heterocycles. The fourth-order valence-electron chi connectivity index (χ4n) is 0. The summed E-state index contributed by atoms with van der Waals surface area (Å²) in [4.78, 5) is 23.2. The van der Waals surface area contributed by atoms with Crippen molar-refractivity contribution >= 4 is 51.7 Å². The van der Waals surface area contributed by atoms with Crippen LogP contribution < -0.4 is 0 Å². The molecule has 0 amide bonds.